The fraction of sp³-hybridized carbons (Fsp3) is 0.600. The Morgan fingerprint density at radius 1 is 1.38 bits per heavy atom. The Balaban J connectivity index is 2.45. The molecule has 0 saturated heterocycles. The van der Waals surface area contributed by atoms with Gasteiger partial charge in [-0.25, -0.2) is 4.98 Å². The van der Waals surface area contributed by atoms with Crippen molar-refractivity contribution in [1.29, 1.82) is 0 Å². The van der Waals surface area contributed by atoms with Crippen molar-refractivity contribution < 1.29 is 4.79 Å². The van der Waals surface area contributed by atoms with E-state index in [1.165, 1.54) is 12.3 Å². The topological polar surface area (TPSA) is 45.2 Å². The number of hydrogen-bond donors (Lipinski definition) is 1. The van der Waals surface area contributed by atoms with E-state index in [0.29, 0.717) is 10.6 Å². The Labute approximate surface area is 136 Å². The van der Waals surface area contributed by atoms with E-state index in [1.54, 1.807) is 0 Å². The Hall–Kier alpha value is -0.840. The number of pyridine rings is 1. The van der Waals surface area contributed by atoms with Crippen molar-refractivity contribution in [1.82, 2.24) is 15.2 Å². The molecule has 1 amide bonds. The number of amides is 1. The summed E-state index contributed by atoms with van der Waals surface area (Å²) >= 11 is 11.8. The van der Waals surface area contributed by atoms with Crippen LogP contribution < -0.4 is 5.32 Å². The molecule has 1 unspecified atom stereocenters. The van der Waals surface area contributed by atoms with E-state index in [4.69, 9.17) is 23.2 Å². The van der Waals surface area contributed by atoms with E-state index in [2.05, 4.69) is 29.0 Å². The molecule has 0 aliphatic carbocycles. The molecule has 0 fully saturated rings. The minimum Gasteiger partial charge on any atom is -0.350 e. The molecular formula is C15H23Cl2N3O. The molecular weight excluding hydrogens is 309 g/mol. The Morgan fingerprint density at radius 2 is 2.05 bits per heavy atom. The molecule has 0 aliphatic heterocycles. The first-order valence-electron chi connectivity index (χ1n) is 7.32. The van der Waals surface area contributed by atoms with Crippen LogP contribution in [-0.4, -0.2) is 41.5 Å². The van der Waals surface area contributed by atoms with Crippen LogP contribution in [0.5, 0.6) is 0 Å². The first kappa shape index (κ1) is 18.2. The van der Waals surface area contributed by atoms with Gasteiger partial charge in [-0.3, -0.25) is 4.79 Å². The van der Waals surface area contributed by atoms with Crippen LogP contribution in [0, 0.1) is 0 Å². The van der Waals surface area contributed by atoms with Crippen LogP contribution in [-0.2, 0) is 0 Å². The molecule has 0 aliphatic rings. The summed E-state index contributed by atoms with van der Waals surface area (Å²) < 4.78 is 0. The highest BCUT2D eigenvalue weighted by atomic mass is 35.5. The van der Waals surface area contributed by atoms with Gasteiger partial charge in [0.2, 0.25) is 0 Å². The standard InChI is InChI=1S/C15H23Cl2N3O/c1-4-20(5-2)8-6-7-11(3)19-15(21)12-9-14(17)18-10-13(12)16/h9-11H,4-8H2,1-3H3,(H,19,21). The molecule has 1 rings (SSSR count). The van der Waals surface area contributed by atoms with Gasteiger partial charge < -0.3 is 10.2 Å². The molecule has 0 spiro atoms. The van der Waals surface area contributed by atoms with E-state index in [9.17, 15) is 4.79 Å². The van der Waals surface area contributed by atoms with Crippen LogP contribution in [0.2, 0.25) is 10.2 Å². The SMILES string of the molecule is CCN(CC)CCCC(C)NC(=O)c1cc(Cl)ncc1Cl. The van der Waals surface area contributed by atoms with Gasteiger partial charge in [-0.2, -0.15) is 0 Å². The van der Waals surface area contributed by atoms with Crippen LogP contribution in [0.1, 0.15) is 44.0 Å². The van der Waals surface area contributed by atoms with Crippen molar-refractivity contribution in [3.8, 4) is 0 Å². The van der Waals surface area contributed by atoms with Gasteiger partial charge in [-0.15, -0.1) is 0 Å². The van der Waals surface area contributed by atoms with Gasteiger partial charge in [-0.05, 0) is 45.5 Å². The van der Waals surface area contributed by atoms with Crippen molar-refractivity contribution in [3.05, 3.63) is 28.0 Å². The number of aromatic nitrogens is 1. The fourth-order valence-corrected chi connectivity index (χ4v) is 2.47. The van der Waals surface area contributed by atoms with Crippen molar-refractivity contribution >= 4 is 29.1 Å². The monoisotopic (exact) mass is 331 g/mol. The zero-order chi connectivity index (χ0) is 15.8. The van der Waals surface area contributed by atoms with E-state index in [-0.39, 0.29) is 17.1 Å². The maximum atomic E-state index is 12.1. The number of nitrogens with zero attached hydrogens (tertiary/aromatic N) is 2. The van der Waals surface area contributed by atoms with Crippen LogP contribution in [0.4, 0.5) is 0 Å². The summed E-state index contributed by atoms with van der Waals surface area (Å²) in [6, 6.07) is 1.58. The summed E-state index contributed by atoms with van der Waals surface area (Å²) in [6.07, 6.45) is 3.37. The van der Waals surface area contributed by atoms with Gasteiger partial charge in [0.05, 0.1) is 10.6 Å². The lowest BCUT2D eigenvalue weighted by Crippen LogP contribution is -2.33. The first-order chi connectivity index (χ1) is 9.97. The molecule has 1 aromatic rings. The van der Waals surface area contributed by atoms with Crippen LogP contribution >= 0.6 is 23.2 Å². The summed E-state index contributed by atoms with van der Waals surface area (Å²) in [5.41, 5.74) is 0.368. The van der Waals surface area contributed by atoms with Crippen LogP contribution in [0.25, 0.3) is 0 Å². The number of nitrogens with one attached hydrogen (secondary N) is 1. The maximum absolute atomic E-state index is 12.1. The number of halogens is 2. The summed E-state index contributed by atoms with van der Waals surface area (Å²) in [6.45, 7) is 9.48. The summed E-state index contributed by atoms with van der Waals surface area (Å²) in [4.78, 5) is 18.4. The predicted molar refractivity (Wildman–Crippen MR) is 88.2 cm³/mol. The van der Waals surface area contributed by atoms with Crippen LogP contribution in [0.3, 0.4) is 0 Å². The molecule has 118 valence electrons. The Kier molecular flexibility index (Phi) is 8.01. The van der Waals surface area contributed by atoms with E-state index in [0.717, 1.165) is 32.5 Å². The molecule has 1 heterocycles. The third-order valence-electron chi connectivity index (χ3n) is 3.45. The maximum Gasteiger partial charge on any atom is 0.253 e. The molecule has 0 radical (unpaired) electrons. The zero-order valence-electron chi connectivity index (χ0n) is 12.8. The van der Waals surface area contributed by atoms with Gasteiger partial charge in [0.1, 0.15) is 5.15 Å². The minimum absolute atomic E-state index is 0.0936. The number of hydrogen-bond acceptors (Lipinski definition) is 3. The molecule has 6 heteroatoms. The molecule has 0 saturated carbocycles. The quantitative estimate of drug-likeness (QED) is 0.740. The number of carbonyl (C=O) groups excluding carboxylic acids is 1. The average Bonchev–Trinajstić information content (AvgIpc) is 2.46. The van der Waals surface area contributed by atoms with Gasteiger partial charge in [-0.1, -0.05) is 37.0 Å². The highest BCUT2D eigenvalue weighted by molar-refractivity contribution is 6.35. The third kappa shape index (κ3) is 6.20. The lowest BCUT2D eigenvalue weighted by Gasteiger charge is -2.20. The lowest BCUT2D eigenvalue weighted by molar-refractivity contribution is 0.0937. The van der Waals surface area contributed by atoms with E-state index < -0.39 is 0 Å². The first-order valence-corrected chi connectivity index (χ1v) is 8.07. The molecule has 21 heavy (non-hydrogen) atoms. The smallest absolute Gasteiger partial charge is 0.253 e. The molecule has 1 atom stereocenters. The third-order valence-corrected chi connectivity index (χ3v) is 3.96. The van der Waals surface area contributed by atoms with E-state index in [1.807, 2.05) is 6.92 Å². The zero-order valence-corrected chi connectivity index (χ0v) is 14.3. The largest absolute Gasteiger partial charge is 0.350 e. The lowest BCUT2D eigenvalue weighted by atomic mass is 10.1. The van der Waals surface area contributed by atoms with Gasteiger partial charge in [0.25, 0.3) is 5.91 Å². The highest BCUT2D eigenvalue weighted by Crippen LogP contribution is 2.18. The van der Waals surface area contributed by atoms with Gasteiger partial charge in [0, 0.05) is 12.2 Å². The Morgan fingerprint density at radius 3 is 2.67 bits per heavy atom. The molecule has 0 aromatic carbocycles. The molecule has 4 nitrogen and oxygen atoms in total. The van der Waals surface area contributed by atoms with Crippen molar-refractivity contribution in [3.63, 3.8) is 0 Å². The van der Waals surface area contributed by atoms with Crippen LogP contribution in [0.15, 0.2) is 12.3 Å². The second-order valence-corrected chi connectivity index (χ2v) is 5.82. The molecule has 1 aromatic heterocycles. The minimum atomic E-state index is -0.209. The van der Waals surface area contributed by atoms with Gasteiger partial charge >= 0.3 is 0 Å². The van der Waals surface area contributed by atoms with E-state index >= 15 is 0 Å². The predicted octanol–water partition coefficient (Wildman–Crippen LogP) is 3.63. The van der Waals surface area contributed by atoms with Crippen molar-refractivity contribution in [2.75, 3.05) is 19.6 Å². The second-order valence-electron chi connectivity index (χ2n) is 5.03. The second kappa shape index (κ2) is 9.23. The highest BCUT2D eigenvalue weighted by Gasteiger charge is 2.14. The summed E-state index contributed by atoms with van der Waals surface area (Å²) in [5, 5.41) is 3.52. The normalized spacial score (nSPS) is 12.5. The van der Waals surface area contributed by atoms with Crippen molar-refractivity contribution in [2.45, 2.75) is 39.7 Å². The summed E-state index contributed by atoms with van der Waals surface area (Å²) in [7, 11) is 0. The summed E-state index contributed by atoms with van der Waals surface area (Å²) in [5.74, 6) is -0.209. The molecule has 0 bridgehead atoms. The average molecular weight is 332 g/mol. The Bertz CT molecular complexity index is 464. The molecule has 1 N–H and O–H groups in total. The van der Waals surface area contributed by atoms with Crippen molar-refractivity contribution in [2.24, 2.45) is 0 Å². The van der Waals surface area contributed by atoms with Gasteiger partial charge in [0.15, 0.2) is 0 Å². The number of rotatable bonds is 8. The number of carbonyl (C=O) groups is 1. The fourth-order valence-electron chi connectivity index (χ4n) is 2.12.